The van der Waals surface area contributed by atoms with Crippen molar-refractivity contribution in [3.8, 4) is 0 Å². The number of nitrogens with one attached hydrogen (secondary N) is 1. The van der Waals surface area contributed by atoms with Crippen molar-refractivity contribution in [1.82, 2.24) is 14.9 Å². The van der Waals surface area contributed by atoms with Crippen molar-refractivity contribution in [2.24, 2.45) is 5.92 Å². The number of imidazole rings is 1. The van der Waals surface area contributed by atoms with Crippen LogP contribution in [-0.2, 0) is 16.0 Å². The highest BCUT2D eigenvalue weighted by atomic mass is 16.6. The molecule has 4 aliphatic carbocycles. The summed E-state index contributed by atoms with van der Waals surface area (Å²) >= 11 is 0. The molecule has 2 fully saturated rings. The van der Waals surface area contributed by atoms with Crippen LogP contribution >= 0.6 is 0 Å². The first-order chi connectivity index (χ1) is 16.6. The molecule has 5 heteroatoms. The van der Waals surface area contributed by atoms with Crippen molar-refractivity contribution >= 4 is 17.0 Å². The minimum atomic E-state index is -0.343. The second kappa shape index (κ2) is 8.84. The number of aromatic nitrogens is 2. The normalized spacial score (nSPS) is 25.6. The predicted molar refractivity (Wildman–Crippen MR) is 134 cm³/mol. The van der Waals surface area contributed by atoms with Crippen LogP contribution in [0.25, 0.3) is 11.0 Å². The van der Waals surface area contributed by atoms with Crippen LogP contribution in [0.2, 0.25) is 0 Å². The molecule has 1 heterocycles. The lowest BCUT2D eigenvalue weighted by Gasteiger charge is -2.52. The van der Waals surface area contributed by atoms with Crippen LogP contribution in [0.3, 0.4) is 0 Å². The molecule has 34 heavy (non-hydrogen) atoms. The van der Waals surface area contributed by atoms with Crippen molar-refractivity contribution in [3.63, 3.8) is 0 Å². The van der Waals surface area contributed by atoms with Gasteiger partial charge in [-0.25, -0.2) is 4.98 Å². The van der Waals surface area contributed by atoms with Crippen LogP contribution < -0.4 is 0 Å². The molecule has 2 saturated carbocycles. The van der Waals surface area contributed by atoms with Gasteiger partial charge in [0, 0.05) is 25.3 Å². The average Bonchev–Trinajstić information content (AvgIpc) is 3.63. The van der Waals surface area contributed by atoms with E-state index in [-0.39, 0.29) is 17.5 Å². The molecule has 0 aliphatic heterocycles. The summed E-state index contributed by atoms with van der Waals surface area (Å²) in [5, 5.41) is 0. The molecule has 4 aliphatic rings. The van der Waals surface area contributed by atoms with Crippen molar-refractivity contribution in [2.75, 3.05) is 20.1 Å². The van der Waals surface area contributed by atoms with Crippen molar-refractivity contribution in [1.29, 1.82) is 0 Å². The molecule has 3 atom stereocenters. The number of hydrogen-bond acceptors (Lipinski definition) is 4. The first-order valence-corrected chi connectivity index (χ1v) is 13.1. The molecular weight excluding hydrogens is 422 g/mol. The molecule has 0 saturated heterocycles. The predicted octanol–water partition coefficient (Wildman–Crippen LogP) is 5.57. The Morgan fingerprint density at radius 2 is 1.85 bits per heavy atom. The minimum absolute atomic E-state index is 0.0533. The van der Waals surface area contributed by atoms with E-state index in [2.05, 4.69) is 53.3 Å². The fraction of sp³-hybridized carbons (Fsp3) is 0.517. The van der Waals surface area contributed by atoms with E-state index in [1.165, 1.54) is 17.5 Å². The molecule has 2 aromatic carbocycles. The van der Waals surface area contributed by atoms with Crippen LogP contribution in [0.5, 0.6) is 0 Å². The van der Waals surface area contributed by atoms with Crippen LogP contribution in [-0.4, -0.2) is 46.6 Å². The number of esters is 1. The van der Waals surface area contributed by atoms with E-state index in [1.54, 1.807) is 0 Å². The largest absolute Gasteiger partial charge is 0.458 e. The van der Waals surface area contributed by atoms with E-state index in [1.807, 2.05) is 12.1 Å². The molecule has 0 radical (unpaired) electrons. The molecule has 178 valence electrons. The van der Waals surface area contributed by atoms with Gasteiger partial charge >= 0.3 is 5.97 Å². The Kier molecular flexibility index (Phi) is 5.68. The third-order valence-corrected chi connectivity index (χ3v) is 8.37. The third-order valence-electron chi connectivity index (χ3n) is 8.37. The van der Waals surface area contributed by atoms with Gasteiger partial charge in [0.2, 0.25) is 0 Å². The Morgan fingerprint density at radius 1 is 1.06 bits per heavy atom. The maximum absolute atomic E-state index is 12.9. The van der Waals surface area contributed by atoms with Gasteiger partial charge in [0.1, 0.15) is 11.4 Å². The highest BCUT2D eigenvalue weighted by molar-refractivity contribution is 5.76. The molecule has 3 aromatic rings. The number of H-pyrrole nitrogens is 1. The topological polar surface area (TPSA) is 58.2 Å². The van der Waals surface area contributed by atoms with Crippen LogP contribution in [0, 0.1) is 5.92 Å². The summed E-state index contributed by atoms with van der Waals surface area (Å²) in [6.45, 7) is 1.96. The molecule has 7 rings (SSSR count). The highest BCUT2D eigenvalue weighted by Crippen LogP contribution is 2.57. The number of carbonyl (C=O) groups is 1. The van der Waals surface area contributed by atoms with Crippen molar-refractivity contribution < 1.29 is 9.53 Å². The number of aromatic amines is 1. The molecule has 0 unspecified atom stereocenters. The third kappa shape index (κ3) is 4.15. The molecule has 5 nitrogen and oxygen atoms in total. The number of para-hydroxylation sites is 2. The molecular formula is C29H35N3O2. The standard InChI is InChI=1S/C29H35N3O2/c1-32(17-6-11-27-30-25-9-4-5-10-26(25)31-27)18-16-29(34-28(33)20-12-13-20)19-21-14-15-24(29)23-8-3-2-7-22(21)23/h2-5,7-10,20-21,24H,6,11-19H2,1H3,(H,30,31)/t21-,24-,29+/m0/s1. The smallest absolute Gasteiger partial charge is 0.309 e. The summed E-state index contributed by atoms with van der Waals surface area (Å²) in [5.41, 5.74) is 4.73. The quantitative estimate of drug-likeness (QED) is 0.427. The Balaban J connectivity index is 1.11. The van der Waals surface area contributed by atoms with Gasteiger partial charge in [-0.05, 0) is 81.3 Å². The second-order valence-corrected chi connectivity index (χ2v) is 10.8. The summed E-state index contributed by atoms with van der Waals surface area (Å²) in [5.74, 6) is 2.12. The van der Waals surface area contributed by atoms with E-state index in [0.29, 0.717) is 11.8 Å². The zero-order chi connectivity index (χ0) is 23.1. The molecule has 1 aromatic heterocycles. The number of ether oxygens (including phenoxy) is 1. The Labute approximate surface area is 201 Å². The van der Waals surface area contributed by atoms with E-state index >= 15 is 0 Å². The lowest BCUT2D eigenvalue weighted by atomic mass is 9.58. The summed E-state index contributed by atoms with van der Waals surface area (Å²) < 4.78 is 6.47. The summed E-state index contributed by atoms with van der Waals surface area (Å²) in [4.78, 5) is 23.4. The maximum atomic E-state index is 12.9. The number of aryl methyl sites for hydroxylation is 1. The molecule has 2 bridgehead atoms. The van der Waals surface area contributed by atoms with E-state index in [0.717, 1.165) is 74.9 Å². The van der Waals surface area contributed by atoms with Crippen LogP contribution in [0.15, 0.2) is 48.5 Å². The van der Waals surface area contributed by atoms with Gasteiger partial charge in [-0.3, -0.25) is 4.79 Å². The average molecular weight is 458 g/mol. The number of nitrogens with zero attached hydrogens (tertiary/aromatic N) is 2. The molecule has 0 spiro atoms. The fourth-order valence-electron chi connectivity index (χ4n) is 6.37. The molecule has 0 amide bonds. The van der Waals surface area contributed by atoms with E-state index in [9.17, 15) is 4.79 Å². The SMILES string of the molecule is CN(CCCc1nc2ccccc2[nH]1)CC[C@@]1(OC(=O)C2CC2)C[C@@H]2CC[C@H]1c1ccccc12. The van der Waals surface area contributed by atoms with Crippen molar-refractivity contribution in [3.05, 3.63) is 65.5 Å². The van der Waals surface area contributed by atoms with E-state index in [4.69, 9.17) is 9.72 Å². The van der Waals surface area contributed by atoms with Crippen molar-refractivity contribution in [2.45, 2.75) is 68.8 Å². The summed E-state index contributed by atoms with van der Waals surface area (Å²) in [6.07, 6.45) is 8.26. The fourth-order valence-corrected chi connectivity index (χ4v) is 6.37. The highest BCUT2D eigenvalue weighted by Gasteiger charge is 2.53. The number of hydrogen-bond donors (Lipinski definition) is 1. The van der Waals surface area contributed by atoms with Gasteiger partial charge in [0.15, 0.2) is 0 Å². The second-order valence-electron chi connectivity index (χ2n) is 10.8. The van der Waals surface area contributed by atoms with Gasteiger partial charge in [0.25, 0.3) is 0 Å². The lowest BCUT2D eigenvalue weighted by Crippen LogP contribution is -2.50. The van der Waals surface area contributed by atoms with Gasteiger partial charge in [-0.15, -0.1) is 0 Å². The maximum Gasteiger partial charge on any atom is 0.309 e. The first-order valence-electron chi connectivity index (χ1n) is 13.1. The Bertz CT molecular complexity index is 1150. The van der Waals surface area contributed by atoms with Gasteiger partial charge < -0.3 is 14.6 Å². The van der Waals surface area contributed by atoms with Gasteiger partial charge in [-0.2, -0.15) is 0 Å². The van der Waals surface area contributed by atoms with Gasteiger partial charge in [0.05, 0.1) is 17.0 Å². The van der Waals surface area contributed by atoms with E-state index < -0.39 is 0 Å². The number of fused-ring (bicyclic) bond motifs is 3. The zero-order valence-electron chi connectivity index (χ0n) is 20.1. The Morgan fingerprint density at radius 3 is 2.68 bits per heavy atom. The summed E-state index contributed by atoms with van der Waals surface area (Å²) in [7, 11) is 2.20. The molecule has 1 N–H and O–H groups in total. The lowest BCUT2D eigenvalue weighted by molar-refractivity contribution is -0.171. The number of carbonyl (C=O) groups excluding carboxylic acids is 1. The monoisotopic (exact) mass is 457 g/mol. The van der Waals surface area contributed by atoms with Crippen LogP contribution in [0.1, 0.15) is 73.7 Å². The number of benzene rings is 2. The number of rotatable bonds is 9. The Hall–Kier alpha value is -2.66. The van der Waals surface area contributed by atoms with Gasteiger partial charge in [-0.1, -0.05) is 36.4 Å². The summed E-state index contributed by atoms with van der Waals surface area (Å²) in [6, 6.07) is 17.1. The minimum Gasteiger partial charge on any atom is -0.458 e. The first kappa shape index (κ1) is 21.8. The zero-order valence-corrected chi connectivity index (χ0v) is 20.1. The van der Waals surface area contributed by atoms with Crippen LogP contribution in [0.4, 0.5) is 0 Å².